The van der Waals surface area contributed by atoms with Gasteiger partial charge in [-0.25, -0.2) is 4.39 Å². The van der Waals surface area contributed by atoms with Crippen LogP contribution in [0.3, 0.4) is 0 Å². The zero-order valence-corrected chi connectivity index (χ0v) is 22.7. The molecule has 3 atom stereocenters. The molecule has 2 N–H and O–H groups in total. The number of nitrogens with one attached hydrogen (secondary N) is 2. The number of ether oxygens (including phenoxy) is 1. The molecule has 8 nitrogen and oxygen atoms in total. The zero-order valence-electron chi connectivity index (χ0n) is 22.7. The van der Waals surface area contributed by atoms with E-state index in [0.29, 0.717) is 37.4 Å². The van der Waals surface area contributed by atoms with E-state index in [1.54, 1.807) is 23.1 Å². The summed E-state index contributed by atoms with van der Waals surface area (Å²) in [5.74, 6) is -0.513. The number of rotatable bonds is 8. The Labute approximate surface area is 238 Å². The largest absolute Gasteiger partial charge is 0.487 e. The lowest BCUT2D eigenvalue weighted by molar-refractivity contribution is -0.136. The fourth-order valence-corrected chi connectivity index (χ4v) is 5.97. The minimum Gasteiger partial charge on any atom is -0.487 e. The number of hydrogen-bond donors (Lipinski definition) is 2. The lowest BCUT2D eigenvalue weighted by Crippen LogP contribution is -2.54. The first-order chi connectivity index (χ1) is 19.9. The zero-order chi connectivity index (χ0) is 28.3. The van der Waals surface area contributed by atoms with Crippen LogP contribution in [0, 0.1) is 5.82 Å². The third-order valence-corrected chi connectivity index (χ3v) is 8.16. The van der Waals surface area contributed by atoms with Crippen molar-refractivity contribution in [2.45, 2.75) is 57.1 Å². The number of amides is 3. The van der Waals surface area contributed by atoms with E-state index >= 15 is 0 Å². The summed E-state index contributed by atoms with van der Waals surface area (Å²) < 4.78 is 20.0. The SMILES string of the molecule is O=C1CCC(N2Cc3cc(O[C@H]4CN(Cc5ccccc5)CC[C@@H]4NCc4ccc(F)cc4)ccc3C2=O)C(=O)N1. The molecule has 3 heterocycles. The van der Waals surface area contributed by atoms with Gasteiger partial charge in [0.05, 0.1) is 0 Å². The number of halogens is 1. The predicted octanol–water partition coefficient (Wildman–Crippen LogP) is 3.40. The van der Waals surface area contributed by atoms with Crippen LogP contribution in [0.25, 0.3) is 0 Å². The molecule has 3 amide bonds. The van der Waals surface area contributed by atoms with Gasteiger partial charge in [0.1, 0.15) is 23.7 Å². The van der Waals surface area contributed by atoms with Crippen LogP contribution < -0.4 is 15.4 Å². The highest BCUT2D eigenvalue weighted by atomic mass is 19.1. The molecule has 0 saturated carbocycles. The number of hydrogen-bond acceptors (Lipinski definition) is 6. The van der Waals surface area contributed by atoms with Gasteiger partial charge in [-0.3, -0.25) is 24.6 Å². The van der Waals surface area contributed by atoms with Gasteiger partial charge in [0.15, 0.2) is 0 Å². The molecule has 2 saturated heterocycles. The van der Waals surface area contributed by atoms with Crippen LogP contribution in [-0.4, -0.2) is 58.8 Å². The molecule has 41 heavy (non-hydrogen) atoms. The quantitative estimate of drug-likeness (QED) is 0.414. The fraction of sp³-hybridized carbons (Fsp3) is 0.344. The molecule has 2 fully saturated rings. The van der Waals surface area contributed by atoms with Gasteiger partial charge in [0.2, 0.25) is 11.8 Å². The molecular formula is C32H33FN4O4. The first-order valence-corrected chi connectivity index (χ1v) is 14.1. The number of carbonyl (C=O) groups is 3. The highest BCUT2D eigenvalue weighted by molar-refractivity contribution is 6.05. The summed E-state index contributed by atoms with van der Waals surface area (Å²) in [7, 11) is 0. The van der Waals surface area contributed by atoms with Crippen LogP contribution in [0.2, 0.25) is 0 Å². The predicted molar refractivity (Wildman–Crippen MR) is 150 cm³/mol. The van der Waals surface area contributed by atoms with E-state index in [4.69, 9.17) is 4.74 Å². The molecule has 212 valence electrons. The summed E-state index contributed by atoms with van der Waals surface area (Å²) in [4.78, 5) is 41.0. The Hall–Kier alpha value is -4.08. The molecule has 3 aliphatic rings. The maximum absolute atomic E-state index is 13.4. The molecule has 0 aromatic heterocycles. The van der Waals surface area contributed by atoms with Gasteiger partial charge in [-0.05, 0) is 59.9 Å². The van der Waals surface area contributed by atoms with Gasteiger partial charge in [-0.15, -0.1) is 0 Å². The average Bonchev–Trinajstić information content (AvgIpc) is 3.29. The second-order valence-corrected chi connectivity index (χ2v) is 11.0. The summed E-state index contributed by atoms with van der Waals surface area (Å²) in [6.45, 7) is 3.35. The molecule has 0 bridgehead atoms. The number of imide groups is 1. The molecule has 3 aliphatic heterocycles. The molecule has 0 spiro atoms. The van der Waals surface area contributed by atoms with Gasteiger partial charge in [0.25, 0.3) is 5.91 Å². The second kappa shape index (κ2) is 11.8. The van der Waals surface area contributed by atoms with Crippen molar-refractivity contribution in [2.24, 2.45) is 0 Å². The molecule has 3 aromatic rings. The molecular weight excluding hydrogens is 523 g/mol. The van der Waals surface area contributed by atoms with Gasteiger partial charge in [0, 0.05) is 50.7 Å². The van der Waals surface area contributed by atoms with Crippen molar-refractivity contribution in [3.8, 4) is 5.75 Å². The lowest BCUT2D eigenvalue weighted by Gasteiger charge is -2.39. The first-order valence-electron chi connectivity index (χ1n) is 14.1. The molecule has 1 unspecified atom stereocenters. The third kappa shape index (κ3) is 6.16. The summed E-state index contributed by atoms with van der Waals surface area (Å²) in [5, 5.41) is 5.97. The van der Waals surface area contributed by atoms with Crippen molar-refractivity contribution in [2.75, 3.05) is 13.1 Å². The van der Waals surface area contributed by atoms with Gasteiger partial charge in [-0.1, -0.05) is 42.5 Å². The monoisotopic (exact) mass is 556 g/mol. The number of benzene rings is 3. The summed E-state index contributed by atoms with van der Waals surface area (Å²) in [5.41, 5.74) is 3.61. The highest BCUT2D eigenvalue weighted by Crippen LogP contribution is 2.31. The van der Waals surface area contributed by atoms with Gasteiger partial charge in [-0.2, -0.15) is 0 Å². The summed E-state index contributed by atoms with van der Waals surface area (Å²) in [6.07, 6.45) is 1.27. The van der Waals surface area contributed by atoms with E-state index < -0.39 is 11.9 Å². The van der Waals surface area contributed by atoms with Crippen LogP contribution in [0.5, 0.6) is 5.75 Å². The van der Waals surface area contributed by atoms with Crippen LogP contribution in [0.1, 0.15) is 46.3 Å². The van der Waals surface area contributed by atoms with Crippen LogP contribution in [0.4, 0.5) is 4.39 Å². The van der Waals surface area contributed by atoms with E-state index in [9.17, 15) is 18.8 Å². The van der Waals surface area contributed by atoms with E-state index in [2.05, 4.69) is 27.7 Å². The van der Waals surface area contributed by atoms with Gasteiger partial charge < -0.3 is 15.0 Å². The van der Waals surface area contributed by atoms with E-state index in [-0.39, 0.29) is 36.2 Å². The molecule has 0 radical (unpaired) electrons. The minimum atomic E-state index is -0.651. The number of nitrogens with zero attached hydrogens (tertiary/aromatic N) is 2. The number of likely N-dealkylation sites (tertiary alicyclic amines) is 1. The van der Waals surface area contributed by atoms with Crippen molar-refractivity contribution in [3.05, 3.63) is 101 Å². The lowest BCUT2D eigenvalue weighted by atomic mass is 10.00. The van der Waals surface area contributed by atoms with Crippen molar-refractivity contribution in [1.82, 2.24) is 20.4 Å². The van der Waals surface area contributed by atoms with E-state index in [1.165, 1.54) is 17.7 Å². The maximum atomic E-state index is 13.4. The first kappa shape index (κ1) is 27.1. The summed E-state index contributed by atoms with van der Waals surface area (Å²) >= 11 is 0. The minimum absolute atomic E-state index is 0.0712. The van der Waals surface area contributed by atoms with Crippen LogP contribution in [-0.2, 0) is 29.2 Å². The van der Waals surface area contributed by atoms with E-state index in [1.807, 2.05) is 30.3 Å². The normalized spacial score (nSPS) is 22.9. The highest BCUT2D eigenvalue weighted by Gasteiger charge is 2.39. The van der Waals surface area contributed by atoms with E-state index in [0.717, 1.165) is 30.6 Å². The Morgan fingerprint density at radius 3 is 2.54 bits per heavy atom. The number of fused-ring (bicyclic) bond motifs is 1. The Bertz CT molecular complexity index is 1430. The summed E-state index contributed by atoms with van der Waals surface area (Å²) in [6, 6.07) is 21.8. The Balaban J connectivity index is 1.17. The fourth-order valence-electron chi connectivity index (χ4n) is 5.97. The van der Waals surface area contributed by atoms with Gasteiger partial charge >= 0.3 is 0 Å². The third-order valence-electron chi connectivity index (χ3n) is 8.16. The Morgan fingerprint density at radius 1 is 0.951 bits per heavy atom. The average molecular weight is 557 g/mol. The smallest absolute Gasteiger partial charge is 0.255 e. The molecule has 9 heteroatoms. The Kier molecular flexibility index (Phi) is 7.80. The topological polar surface area (TPSA) is 91.0 Å². The standard InChI is InChI=1S/C32H33FN4O4/c33-24-8-6-21(7-9-24)17-34-27-14-15-36(18-22-4-2-1-3-5-22)20-29(27)41-25-10-11-26-23(16-25)19-37(32(26)40)28-12-13-30(38)35-31(28)39/h1-11,16,27-29,34H,12-15,17-20H2,(H,35,38,39)/t27-,28?,29-/m0/s1. The van der Waals surface area contributed by atoms with Crippen LogP contribution >= 0.6 is 0 Å². The second-order valence-electron chi connectivity index (χ2n) is 11.0. The molecule has 3 aromatic carbocycles. The van der Waals surface area contributed by atoms with Crippen molar-refractivity contribution < 1.29 is 23.5 Å². The molecule has 6 rings (SSSR count). The van der Waals surface area contributed by atoms with Crippen molar-refractivity contribution in [1.29, 1.82) is 0 Å². The molecule has 0 aliphatic carbocycles. The maximum Gasteiger partial charge on any atom is 0.255 e. The Morgan fingerprint density at radius 2 is 1.76 bits per heavy atom. The number of carbonyl (C=O) groups excluding carboxylic acids is 3. The van der Waals surface area contributed by atoms with Crippen molar-refractivity contribution >= 4 is 17.7 Å². The number of piperidine rings is 2. The van der Waals surface area contributed by atoms with Crippen molar-refractivity contribution in [3.63, 3.8) is 0 Å². The van der Waals surface area contributed by atoms with Crippen LogP contribution in [0.15, 0.2) is 72.8 Å².